The summed E-state index contributed by atoms with van der Waals surface area (Å²) in [6.07, 6.45) is 2.93. The van der Waals surface area contributed by atoms with E-state index in [-0.39, 0.29) is 0 Å². The first-order valence-corrected chi connectivity index (χ1v) is 3.99. The Morgan fingerprint density at radius 3 is 2.56 bits per heavy atom. The van der Waals surface area contributed by atoms with E-state index in [0.29, 0.717) is 0 Å². The molecule has 0 radical (unpaired) electrons. The van der Waals surface area contributed by atoms with Crippen molar-refractivity contribution in [1.82, 2.24) is 5.32 Å². The summed E-state index contributed by atoms with van der Waals surface area (Å²) >= 11 is 0. The molecule has 0 bridgehead atoms. The fourth-order valence-electron chi connectivity index (χ4n) is 0.898. The third-order valence-corrected chi connectivity index (χ3v) is 1.68. The normalized spacial score (nSPS) is 19.0. The molecule has 1 N–H and O–H groups in total. The zero-order valence-corrected chi connectivity index (χ0v) is 6.48. The smallest absolute Gasteiger partial charge is 0.00204 e. The second-order valence-electron chi connectivity index (χ2n) is 3.50. The van der Waals surface area contributed by atoms with Gasteiger partial charge < -0.3 is 5.32 Å². The van der Waals surface area contributed by atoms with Crippen molar-refractivity contribution in [1.29, 1.82) is 0 Å². The maximum atomic E-state index is 3.45. The summed E-state index contributed by atoms with van der Waals surface area (Å²) in [6, 6.07) is 0. The minimum Gasteiger partial charge on any atom is -0.316 e. The Hall–Kier alpha value is -0.0400. The van der Waals surface area contributed by atoms with Crippen LogP contribution in [0.25, 0.3) is 0 Å². The van der Waals surface area contributed by atoms with Crippen molar-refractivity contribution in [3.05, 3.63) is 0 Å². The van der Waals surface area contributed by atoms with Gasteiger partial charge in [-0.15, -0.1) is 0 Å². The van der Waals surface area contributed by atoms with Crippen LogP contribution in [0.15, 0.2) is 0 Å². The second kappa shape index (κ2) is 3.21. The van der Waals surface area contributed by atoms with Crippen LogP contribution in [0, 0.1) is 11.8 Å². The van der Waals surface area contributed by atoms with E-state index in [1.165, 1.54) is 25.9 Å². The van der Waals surface area contributed by atoms with Gasteiger partial charge in [0.15, 0.2) is 0 Å². The molecule has 54 valence electrons. The van der Waals surface area contributed by atoms with Gasteiger partial charge in [-0.3, -0.25) is 0 Å². The Bertz CT molecular complexity index is 72.6. The summed E-state index contributed by atoms with van der Waals surface area (Å²) in [5.74, 6) is 1.84. The van der Waals surface area contributed by atoms with Gasteiger partial charge in [0.25, 0.3) is 0 Å². The van der Waals surface area contributed by atoms with Crippen molar-refractivity contribution in [2.75, 3.05) is 13.1 Å². The highest BCUT2D eigenvalue weighted by Gasteiger charge is 2.19. The molecule has 0 aromatic rings. The van der Waals surface area contributed by atoms with Crippen LogP contribution in [-0.2, 0) is 0 Å². The van der Waals surface area contributed by atoms with E-state index in [1.54, 1.807) is 0 Å². The lowest BCUT2D eigenvalue weighted by Crippen LogP contribution is -2.21. The first-order valence-electron chi connectivity index (χ1n) is 3.99. The first kappa shape index (κ1) is 7.07. The highest BCUT2D eigenvalue weighted by Crippen LogP contribution is 2.27. The number of hydrogen-bond acceptors (Lipinski definition) is 1. The van der Waals surface area contributed by atoms with Crippen LogP contribution in [0.1, 0.15) is 26.7 Å². The van der Waals surface area contributed by atoms with Crippen LogP contribution in [-0.4, -0.2) is 13.1 Å². The molecule has 1 nitrogen and oxygen atoms in total. The van der Waals surface area contributed by atoms with Gasteiger partial charge in [0, 0.05) is 0 Å². The summed E-state index contributed by atoms with van der Waals surface area (Å²) < 4.78 is 0. The highest BCUT2D eigenvalue weighted by atomic mass is 14.9. The Labute approximate surface area is 57.8 Å². The minimum absolute atomic E-state index is 0.809. The van der Waals surface area contributed by atoms with Crippen LogP contribution in [0.3, 0.4) is 0 Å². The van der Waals surface area contributed by atoms with E-state index >= 15 is 0 Å². The van der Waals surface area contributed by atoms with Gasteiger partial charge in [-0.05, 0) is 37.8 Å². The van der Waals surface area contributed by atoms with Gasteiger partial charge >= 0.3 is 0 Å². The van der Waals surface area contributed by atoms with Crippen LogP contribution in [0.5, 0.6) is 0 Å². The molecule has 0 aliphatic heterocycles. The molecular formula is C8H17N. The van der Waals surface area contributed by atoms with Gasteiger partial charge in [-0.25, -0.2) is 0 Å². The number of nitrogens with one attached hydrogen (secondary N) is 1. The topological polar surface area (TPSA) is 12.0 Å². The molecule has 1 fully saturated rings. The van der Waals surface area contributed by atoms with Gasteiger partial charge in [0.2, 0.25) is 0 Å². The van der Waals surface area contributed by atoms with Crippen LogP contribution in [0.2, 0.25) is 0 Å². The lowest BCUT2D eigenvalue weighted by atomic mass is 10.2. The lowest BCUT2D eigenvalue weighted by molar-refractivity contribution is 0.536. The van der Waals surface area contributed by atoms with Crippen molar-refractivity contribution in [3.8, 4) is 0 Å². The summed E-state index contributed by atoms with van der Waals surface area (Å²) in [4.78, 5) is 0. The molecule has 0 spiro atoms. The molecule has 0 amide bonds. The van der Waals surface area contributed by atoms with Crippen molar-refractivity contribution < 1.29 is 0 Å². The predicted molar refractivity (Wildman–Crippen MR) is 40.4 cm³/mol. The summed E-state index contributed by atoms with van der Waals surface area (Å²) in [7, 11) is 0. The first-order chi connectivity index (χ1) is 4.29. The third-order valence-electron chi connectivity index (χ3n) is 1.68. The molecule has 9 heavy (non-hydrogen) atoms. The third kappa shape index (κ3) is 3.52. The van der Waals surface area contributed by atoms with Crippen molar-refractivity contribution in [2.45, 2.75) is 26.7 Å². The molecule has 0 saturated heterocycles. The molecule has 1 rings (SSSR count). The fourth-order valence-corrected chi connectivity index (χ4v) is 0.898. The van der Waals surface area contributed by atoms with E-state index in [0.717, 1.165) is 11.8 Å². The Morgan fingerprint density at radius 1 is 1.44 bits per heavy atom. The van der Waals surface area contributed by atoms with E-state index < -0.39 is 0 Å². The SMILES string of the molecule is CC(C)CNCC1CC1. The van der Waals surface area contributed by atoms with E-state index in [9.17, 15) is 0 Å². The van der Waals surface area contributed by atoms with Gasteiger partial charge in [-0.1, -0.05) is 13.8 Å². The zero-order chi connectivity index (χ0) is 6.69. The molecule has 0 unspecified atom stereocenters. The van der Waals surface area contributed by atoms with Crippen molar-refractivity contribution >= 4 is 0 Å². The molecular weight excluding hydrogens is 110 g/mol. The van der Waals surface area contributed by atoms with Crippen molar-refractivity contribution in [3.63, 3.8) is 0 Å². The number of hydrogen-bond donors (Lipinski definition) is 1. The highest BCUT2D eigenvalue weighted by molar-refractivity contribution is 4.75. The van der Waals surface area contributed by atoms with Gasteiger partial charge in [0.05, 0.1) is 0 Å². The van der Waals surface area contributed by atoms with Crippen LogP contribution in [0.4, 0.5) is 0 Å². The minimum atomic E-state index is 0.809. The second-order valence-corrected chi connectivity index (χ2v) is 3.50. The van der Waals surface area contributed by atoms with Crippen molar-refractivity contribution in [2.24, 2.45) is 11.8 Å². The standard InChI is InChI=1S/C8H17N/c1-7(2)5-9-6-8-3-4-8/h7-9H,3-6H2,1-2H3. The maximum Gasteiger partial charge on any atom is -0.00204 e. The summed E-state index contributed by atoms with van der Waals surface area (Å²) in [6.45, 7) is 6.95. The van der Waals surface area contributed by atoms with Gasteiger partial charge in [0.1, 0.15) is 0 Å². The number of rotatable bonds is 4. The molecule has 0 aromatic carbocycles. The largest absolute Gasteiger partial charge is 0.316 e. The summed E-state index contributed by atoms with van der Waals surface area (Å²) in [5.41, 5.74) is 0. The maximum absolute atomic E-state index is 3.45. The van der Waals surface area contributed by atoms with Crippen LogP contribution >= 0.6 is 0 Å². The molecule has 1 saturated carbocycles. The molecule has 1 aliphatic rings. The average molecular weight is 127 g/mol. The molecule has 1 heteroatoms. The lowest BCUT2D eigenvalue weighted by Gasteiger charge is -2.04. The average Bonchev–Trinajstić information content (AvgIpc) is 2.48. The quantitative estimate of drug-likeness (QED) is 0.605. The molecule has 0 aromatic heterocycles. The van der Waals surface area contributed by atoms with E-state index in [2.05, 4.69) is 19.2 Å². The van der Waals surface area contributed by atoms with Crippen LogP contribution < -0.4 is 5.32 Å². The Balaban J connectivity index is 1.81. The van der Waals surface area contributed by atoms with E-state index in [4.69, 9.17) is 0 Å². The fraction of sp³-hybridized carbons (Fsp3) is 1.00. The zero-order valence-electron chi connectivity index (χ0n) is 6.48. The molecule has 0 atom stereocenters. The summed E-state index contributed by atoms with van der Waals surface area (Å²) in [5, 5.41) is 3.45. The Kier molecular flexibility index (Phi) is 2.52. The molecule has 1 aliphatic carbocycles. The predicted octanol–water partition coefficient (Wildman–Crippen LogP) is 1.64. The van der Waals surface area contributed by atoms with E-state index in [1.807, 2.05) is 0 Å². The molecule has 0 heterocycles. The van der Waals surface area contributed by atoms with Gasteiger partial charge in [-0.2, -0.15) is 0 Å². The monoisotopic (exact) mass is 127 g/mol. The Morgan fingerprint density at radius 2 is 2.11 bits per heavy atom.